The van der Waals surface area contributed by atoms with Gasteiger partial charge in [-0.2, -0.15) is 0 Å². The van der Waals surface area contributed by atoms with Gasteiger partial charge in [0.1, 0.15) is 0 Å². The fourth-order valence-corrected chi connectivity index (χ4v) is 1.39. The molecule has 6 heteroatoms. The highest BCUT2D eigenvalue weighted by molar-refractivity contribution is 6.42. The summed E-state index contributed by atoms with van der Waals surface area (Å²) in [7, 11) is 0. The molecule has 0 heterocycles. The topological polar surface area (TPSA) is 67.1 Å². The van der Waals surface area contributed by atoms with Gasteiger partial charge in [0.15, 0.2) is 0 Å². The summed E-state index contributed by atoms with van der Waals surface area (Å²) in [5.74, 6) is 0. The molecule has 4 nitrogen and oxygen atoms in total. The molecule has 1 rings (SSSR count). The molecule has 0 saturated heterocycles. The van der Waals surface area contributed by atoms with Crippen molar-refractivity contribution in [3.05, 3.63) is 28.2 Å². The largest absolute Gasteiger partial charge is 0.332 e. The molecule has 1 aromatic carbocycles. The second-order valence-corrected chi connectivity index (χ2v) is 5.11. The molecule has 0 bridgehead atoms. The van der Waals surface area contributed by atoms with Crippen LogP contribution in [0.1, 0.15) is 13.8 Å². The predicted octanol–water partition coefficient (Wildman–Crippen LogP) is 2.85. The van der Waals surface area contributed by atoms with Crippen molar-refractivity contribution < 1.29 is 4.79 Å². The summed E-state index contributed by atoms with van der Waals surface area (Å²) in [5, 5.41) is 6.22. The zero-order valence-corrected chi connectivity index (χ0v) is 11.2. The van der Waals surface area contributed by atoms with Crippen molar-refractivity contribution >= 4 is 34.9 Å². The number of benzene rings is 1. The Hall–Kier alpha value is -0.970. The molecule has 1 aromatic rings. The van der Waals surface area contributed by atoms with Crippen LogP contribution in [0.5, 0.6) is 0 Å². The van der Waals surface area contributed by atoms with Gasteiger partial charge in [0.25, 0.3) is 0 Å². The third kappa shape index (κ3) is 4.42. The molecule has 0 fully saturated rings. The average Bonchev–Trinajstić information content (AvgIpc) is 2.23. The highest BCUT2D eigenvalue weighted by Gasteiger charge is 2.18. The molecule has 0 aromatic heterocycles. The average molecular weight is 276 g/mol. The Kier molecular flexibility index (Phi) is 4.62. The van der Waals surface area contributed by atoms with E-state index >= 15 is 0 Å². The molecule has 0 aliphatic rings. The summed E-state index contributed by atoms with van der Waals surface area (Å²) < 4.78 is 0. The van der Waals surface area contributed by atoms with E-state index in [1.165, 1.54) is 0 Å². The number of nitrogens with two attached hydrogens (primary N) is 1. The molecule has 0 spiro atoms. The number of nitrogens with one attached hydrogen (secondary N) is 2. The van der Waals surface area contributed by atoms with Crippen molar-refractivity contribution in [3.8, 4) is 0 Å². The number of hydrogen-bond acceptors (Lipinski definition) is 2. The van der Waals surface area contributed by atoms with Crippen molar-refractivity contribution in [2.75, 3.05) is 11.9 Å². The molecule has 2 amide bonds. The van der Waals surface area contributed by atoms with Gasteiger partial charge in [0.05, 0.1) is 10.0 Å². The fourth-order valence-electron chi connectivity index (χ4n) is 1.09. The number of amides is 2. The summed E-state index contributed by atoms with van der Waals surface area (Å²) in [4.78, 5) is 11.6. The van der Waals surface area contributed by atoms with Gasteiger partial charge in [-0.05, 0) is 32.0 Å². The highest BCUT2D eigenvalue weighted by atomic mass is 35.5. The van der Waals surface area contributed by atoms with Gasteiger partial charge < -0.3 is 16.4 Å². The van der Waals surface area contributed by atoms with Crippen LogP contribution in [-0.4, -0.2) is 18.1 Å². The van der Waals surface area contributed by atoms with E-state index in [1.54, 1.807) is 18.2 Å². The van der Waals surface area contributed by atoms with Gasteiger partial charge in [-0.1, -0.05) is 23.2 Å². The molecule has 0 unspecified atom stereocenters. The van der Waals surface area contributed by atoms with Gasteiger partial charge in [-0.3, -0.25) is 0 Å². The molecule has 0 aliphatic carbocycles. The number of anilines is 1. The van der Waals surface area contributed by atoms with E-state index in [0.717, 1.165) is 0 Å². The molecule has 0 aliphatic heterocycles. The standard InChI is InChI=1S/C11H15Cl2N3O/c1-11(2,6-14)16-10(17)15-7-3-4-8(12)9(13)5-7/h3-5H,6,14H2,1-2H3,(H2,15,16,17). The van der Waals surface area contributed by atoms with Crippen molar-refractivity contribution in [2.24, 2.45) is 5.73 Å². The van der Waals surface area contributed by atoms with Gasteiger partial charge >= 0.3 is 6.03 Å². The fraction of sp³-hybridized carbons (Fsp3) is 0.364. The lowest BCUT2D eigenvalue weighted by atomic mass is 10.1. The van der Waals surface area contributed by atoms with Crippen LogP contribution in [0.2, 0.25) is 10.0 Å². The summed E-state index contributed by atoms with van der Waals surface area (Å²) in [6.07, 6.45) is 0. The zero-order valence-electron chi connectivity index (χ0n) is 9.68. The Bertz CT molecular complexity index is 421. The number of hydrogen-bond donors (Lipinski definition) is 3. The summed E-state index contributed by atoms with van der Waals surface area (Å²) in [6.45, 7) is 4.02. The summed E-state index contributed by atoms with van der Waals surface area (Å²) in [5.41, 5.74) is 5.63. The number of halogens is 2. The molecule has 0 saturated carbocycles. The third-order valence-electron chi connectivity index (χ3n) is 2.14. The molecular weight excluding hydrogens is 261 g/mol. The van der Waals surface area contributed by atoms with Crippen LogP contribution in [0.4, 0.5) is 10.5 Å². The number of rotatable bonds is 3. The second-order valence-electron chi connectivity index (χ2n) is 4.30. The second kappa shape index (κ2) is 5.58. The lowest BCUT2D eigenvalue weighted by Crippen LogP contribution is -2.50. The van der Waals surface area contributed by atoms with Crippen LogP contribution in [0, 0.1) is 0 Å². The molecule has 4 N–H and O–H groups in total. The number of carbonyl (C=O) groups is 1. The van der Waals surface area contributed by atoms with Crippen molar-refractivity contribution in [1.82, 2.24) is 5.32 Å². The number of carbonyl (C=O) groups excluding carboxylic acids is 1. The van der Waals surface area contributed by atoms with E-state index in [4.69, 9.17) is 28.9 Å². The van der Waals surface area contributed by atoms with E-state index in [-0.39, 0.29) is 6.03 Å². The van der Waals surface area contributed by atoms with Gasteiger partial charge in [0.2, 0.25) is 0 Å². The van der Waals surface area contributed by atoms with E-state index in [0.29, 0.717) is 22.3 Å². The van der Waals surface area contributed by atoms with Crippen LogP contribution in [0.15, 0.2) is 18.2 Å². The van der Waals surface area contributed by atoms with Crippen LogP contribution in [0.25, 0.3) is 0 Å². The minimum absolute atomic E-state index is 0.334. The minimum Gasteiger partial charge on any atom is -0.332 e. The normalized spacial score (nSPS) is 11.1. The monoisotopic (exact) mass is 275 g/mol. The first kappa shape index (κ1) is 14.1. The summed E-state index contributed by atoms with van der Waals surface area (Å²) in [6, 6.07) is 4.54. The van der Waals surface area contributed by atoms with Crippen LogP contribution >= 0.6 is 23.2 Å². The van der Waals surface area contributed by atoms with E-state index in [2.05, 4.69) is 10.6 Å². The van der Waals surface area contributed by atoms with E-state index in [1.807, 2.05) is 13.8 Å². The Morgan fingerprint density at radius 2 is 2.00 bits per heavy atom. The maximum absolute atomic E-state index is 11.6. The molecule has 0 radical (unpaired) electrons. The first-order valence-electron chi connectivity index (χ1n) is 5.08. The van der Waals surface area contributed by atoms with E-state index < -0.39 is 5.54 Å². The van der Waals surface area contributed by atoms with E-state index in [9.17, 15) is 4.79 Å². The zero-order chi connectivity index (χ0) is 13.1. The summed E-state index contributed by atoms with van der Waals surface area (Å²) >= 11 is 11.6. The lowest BCUT2D eigenvalue weighted by Gasteiger charge is -2.24. The van der Waals surface area contributed by atoms with Gasteiger partial charge in [-0.15, -0.1) is 0 Å². The predicted molar refractivity (Wildman–Crippen MR) is 71.7 cm³/mol. The van der Waals surface area contributed by atoms with Crippen molar-refractivity contribution in [3.63, 3.8) is 0 Å². The molecule has 94 valence electrons. The first-order chi connectivity index (χ1) is 7.84. The van der Waals surface area contributed by atoms with Crippen molar-refractivity contribution in [1.29, 1.82) is 0 Å². The Balaban J connectivity index is 2.65. The lowest BCUT2D eigenvalue weighted by molar-refractivity contribution is 0.242. The Labute approximate surface area is 110 Å². The van der Waals surface area contributed by atoms with Crippen LogP contribution in [0.3, 0.4) is 0 Å². The minimum atomic E-state index is -0.458. The number of urea groups is 1. The molecule has 17 heavy (non-hydrogen) atoms. The maximum atomic E-state index is 11.6. The Morgan fingerprint density at radius 3 is 2.53 bits per heavy atom. The molecule has 0 atom stereocenters. The maximum Gasteiger partial charge on any atom is 0.319 e. The molecular formula is C11H15Cl2N3O. The van der Waals surface area contributed by atoms with Gasteiger partial charge in [0, 0.05) is 17.8 Å². The SMILES string of the molecule is CC(C)(CN)NC(=O)Nc1ccc(Cl)c(Cl)c1. The Morgan fingerprint density at radius 1 is 1.35 bits per heavy atom. The van der Waals surface area contributed by atoms with Crippen molar-refractivity contribution in [2.45, 2.75) is 19.4 Å². The van der Waals surface area contributed by atoms with Crippen LogP contribution in [-0.2, 0) is 0 Å². The highest BCUT2D eigenvalue weighted by Crippen LogP contribution is 2.24. The smallest absolute Gasteiger partial charge is 0.319 e. The quantitative estimate of drug-likeness (QED) is 0.794. The first-order valence-corrected chi connectivity index (χ1v) is 5.84. The van der Waals surface area contributed by atoms with Gasteiger partial charge in [-0.25, -0.2) is 4.79 Å². The third-order valence-corrected chi connectivity index (χ3v) is 2.88. The van der Waals surface area contributed by atoms with Crippen LogP contribution < -0.4 is 16.4 Å².